The molecule has 0 aliphatic carbocycles. The quantitative estimate of drug-likeness (QED) is 0.306. The molecule has 1 aromatic heterocycles. The zero-order valence-electron chi connectivity index (χ0n) is 27.6. The van der Waals surface area contributed by atoms with Crippen LogP contribution in [0.15, 0.2) is 17.1 Å². The van der Waals surface area contributed by atoms with Crippen LogP contribution < -0.4 is 11.0 Å². The first-order valence-corrected chi connectivity index (χ1v) is 23.0. The van der Waals surface area contributed by atoms with Crippen molar-refractivity contribution in [3.8, 4) is 0 Å². The first-order valence-electron chi connectivity index (χ1n) is 14.3. The Morgan fingerprint density at radius 1 is 0.846 bits per heavy atom. The van der Waals surface area contributed by atoms with Crippen molar-refractivity contribution in [1.29, 1.82) is 0 Å². The molecule has 0 bridgehead atoms. The maximum Gasteiger partial charge on any atom is 0.351 e. The van der Waals surface area contributed by atoms with Gasteiger partial charge in [-0.2, -0.15) is 4.98 Å². The summed E-state index contributed by atoms with van der Waals surface area (Å²) in [5.41, 5.74) is -0.382. The topological polar surface area (TPSA) is 83.8 Å². The zero-order chi connectivity index (χ0) is 30.4. The molecule has 1 aliphatic heterocycles. The van der Waals surface area contributed by atoms with Gasteiger partial charge in [0.05, 0.1) is 6.61 Å². The fourth-order valence-corrected chi connectivity index (χ4v) is 7.24. The number of hydrogen-bond acceptors (Lipinski definition) is 7. The second kappa shape index (κ2) is 11.5. The number of aromatic nitrogens is 2. The minimum Gasteiger partial charge on any atom is -0.414 e. The Balaban J connectivity index is 2.66. The SMILES string of the molecule is CNc1ccn([C@@H]2O[C@H](CO[Si](C)(C)C(C)(C)C)C(O[Si](C)(C)C(C)(C)C)[C@@H]2O[Si](C)(C)C(C)(C)C)c(=O)n1. The van der Waals surface area contributed by atoms with Crippen molar-refractivity contribution < 1.29 is 18.0 Å². The van der Waals surface area contributed by atoms with Gasteiger partial charge in [0.15, 0.2) is 31.2 Å². The Labute approximate surface area is 241 Å². The summed E-state index contributed by atoms with van der Waals surface area (Å²) in [6.07, 6.45) is -0.177. The number of hydrogen-bond donors (Lipinski definition) is 1. The Kier molecular flexibility index (Phi) is 10.1. The lowest BCUT2D eigenvalue weighted by molar-refractivity contribution is -0.0509. The van der Waals surface area contributed by atoms with Gasteiger partial charge in [0.2, 0.25) is 0 Å². The summed E-state index contributed by atoms with van der Waals surface area (Å²) < 4.78 is 29.2. The van der Waals surface area contributed by atoms with Crippen LogP contribution in [0.4, 0.5) is 5.82 Å². The highest BCUT2D eigenvalue weighted by Crippen LogP contribution is 2.46. The molecule has 2 rings (SSSR count). The lowest BCUT2D eigenvalue weighted by Gasteiger charge is -2.44. The molecule has 0 spiro atoms. The number of nitrogens with zero attached hydrogens (tertiary/aromatic N) is 2. The highest BCUT2D eigenvalue weighted by Gasteiger charge is 2.55. The molecule has 1 fully saturated rings. The van der Waals surface area contributed by atoms with Gasteiger partial charge in [-0.25, -0.2) is 4.79 Å². The van der Waals surface area contributed by atoms with E-state index in [1.54, 1.807) is 23.9 Å². The predicted octanol–water partition coefficient (Wildman–Crippen LogP) is 6.99. The standard InChI is InChI=1S/C28H57N3O5Si3/c1-26(2,3)37(11,12)33-19-20-22(35-38(13,14)27(4,5)6)23(36-39(15,16)28(7,8)9)24(34-20)31-18-17-21(29-10)30-25(31)32/h17-18,20,22-24H,19H2,1-16H3,(H,29,30,32)/t20-,22?,23+,24-/m1/s1. The molecule has 226 valence electrons. The van der Waals surface area contributed by atoms with Crippen LogP contribution in [0.1, 0.15) is 68.5 Å². The molecule has 0 amide bonds. The molecular weight excluding hydrogens is 543 g/mol. The van der Waals surface area contributed by atoms with Crippen LogP contribution in [0.5, 0.6) is 0 Å². The number of rotatable bonds is 9. The Hall–Kier alpha value is -0.829. The van der Waals surface area contributed by atoms with Gasteiger partial charge in [0.25, 0.3) is 0 Å². The molecule has 0 aromatic carbocycles. The fourth-order valence-electron chi connectivity index (χ4n) is 3.62. The van der Waals surface area contributed by atoms with Crippen LogP contribution in [-0.2, 0) is 18.0 Å². The van der Waals surface area contributed by atoms with E-state index < -0.39 is 37.3 Å². The molecule has 2 heterocycles. The summed E-state index contributed by atoms with van der Waals surface area (Å²) in [5, 5.41) is 2.96. The normalized spacial score (nSPS) is 23.8. The van der Waals surface area contributed by atoms with Crippen molar-refractivity contribution in [2.75, 3.05) is 19.0 Å². The maximum atomic E-state index is 13.2. The molecule has 1 unspecified atom stereocenters. The van der Waals surface area contributed by atoms with E-state index in [-0.39, 0.29) is 33.0 Å². The highest BCUT2D eigenvalue weighted by atomic mass is 28.4. The maximum absolute atomic E-state index is 13.2. The largest absolute Gasteiger partial charge is 0.414 e. The molecule has 1 aromatic rings. The Morgan fingerprint density at radius 3 is 1.72 bits per heavy atom. The molecule has 1 N–H and O–H groups in total. The van der Waals surface area contributed by atoms with Crippen LogP contribution in [0.25, 0.3) is 0 Å². The third-order valence-corrected chi connectivity index (χ3v) is 23.0. The lowest BCUT2D eigenvalue weighted by Crippen LogP contribution is -2.54. The van der Waals surface area contributed by atoms with E-state index in [1.165, 1.54) is 0 Å². The van der Waals surface area contributed by atoms with Gasteiger partial charge < -0.3 is 23.3 Å². The molecule has 11 heteroatoms. The smallest absolute Gasteiger partial charge is 0.351 e. The van der Waals surface area contributed by atoms with Gasteiger partial charge in [-0.1, -0.05) is 62.3 Å². The Bertz CT molecular complexity index is 1040. The lowest BCUT2D eigenvalue weighted by atomic mass is 10.1. The van der Waals surface area contributed by atoms with E-state index >= 15 is 0 Å². The van der Waals surface area contributed by atoms with Crippen molar-refractivity contribution in [3.63, 3.8) is 0 Å². The van der Waals surface area contributed by atoms with Crippen LogP contribution in [0, 0.1) is 0 Å². The van der Waals surface area contributed by atoms with Crippen LogP contribution in [0.3, 0.4) is 0 Å². The van der Waals surface area contributed by atoms with E-state index in [0.717, 1.165) is 0 Å². The van der Waals surface area contributed by atoms with Gasteiger partial charge in [0.1, 0.15) is 24.1 Å². The van der Waals surface area contributed by atoms with Crippen LogP contribution in [-0.4, -0.2) is 66.5 Å². The summed E-state index contributed by atoms with van der Waals surface area (Å²) in [7, 11) is -4.85. The second-order valence-electron chi connectivity index (χ2n) is 15.6. The van der Waals surface area contributed by atoms with Crippen molar-refractivity contribution in [1.82, 2.24) is 9.55 Å². The first kappa shape index (κ1) is 34.4. The van der Waals surface area contributed by atoms with E-state index in [1.807, 2.05) is 0 Å². The molecule has 0 saturated carbocycles. The second-order valence-corrected chi connectivity index (χ2v) is 29.9. The van der Waals surface area contributed by atoms with E-state index in [9.17, 15) is 4.79 Å². The third-order valence-electron chi connectivity index (χ3n) is 9.53. The van der Waals surface area contributed by atoms with Gasteiger partial charge in [-0.05, 0) is 60.5 Å². The molecular formula is C28H57N3O5Si3. The van der Waals surface area contributed by atoms with E-state index in [4.69, 9.17) is 18.0 Å². The molecule has 4 atom stereocenters. The summed E-state index contributed by atoms with van der Waals surface area (Å²) >= 11 is 0. The van der Waals surface area contributed by atoms with Crippen molar-refractivity contribution in [2.45, 2.75) is 141 Å². The van der Waals surface area contributed by atoms with Gasteiger partial charge in [-0.3, -0.25) is 4.57 Å². The van der Waals surface area contributed by atoms with E-state index in [2.05, 4.69) is 112 Å². The number of nitrogens with one attached hydrogen (secondary N) is 1. The van der Waals surface area contributed by atoms with Gasteiger partial charge in [0, 0.05) is 13.2 Å². The average molecular weight is 600 g/mol. The molecule has 8 nitrogen and oxygen atoms in total. The monoisotopic (exact) mass is 599 g/mol. The van der Waals surface area contributed by atoms with Crippen molar-refractivity contribution >= 4 is 30.8 Å². The molecule has 39 heavy (non-hydrogen) atoms. The van der Waals surface area contributed by atoms with Gasteiger partial charge >= 0.3 is 5.69 Å². The summed E-state index contributed by atoms with van der Waals surface area (Å²) in [6.45, 7) is 34.0. The van der Waals surface area contributed by atoms with Crippen LogP contribution >= 0.6 is 0 Å². The zero-order valence-corrected chi connectivity index (χ0v) is 30.6. The summed E-state index contributed by atoms with van der Waals surface area (Å²) in [4.78, 5) is 17.4. The average Bonchev–Trinajstić information content (AvgIpc) is 3.05. The third kappa shape index (κ3) is 7.72. The predicted molar refractivity (Wildman–Crippen MR) is 169 cm³/mol. The fraction of sp³-hybridized carbons (Fsp3) is 0.857. The number of anilines is 1. The highest BCUT2D eigenvalue weighted by molar-refractivity contribution is 6.75. The summed E-state index contributed by atoms with van der Waals surface area (Å²) in [5.74, 6) is 0.517. The molecule has 1 aliphatic rings. The summed E-state index contributed by atoms with van der Waals surface area (Å²) in [6, 6.07) is 1.79. The van der Waals surface area contributed by atoms with Crippen LogP contribution in [0.2, 0.25) is 54.4 Å². The van der Waals surface area contributed by atoms with E-state index in [0.29, 0.717) is 12.4 Å². The van der Waals surface area contributed by atoms with Crippen molar-refractivity contribution in [2.24, 2.45) is 0 Å². The minimum atomic E-state index is -2.29. The molecule has 0 radical (unpaired) electrons. The van der Waals surface area contributed by atoms with Gasteiger partial charge in [-0.15, -0.1) is 0 Å². The van der Waals surface area contributed by atoms with Crippen molar-refractivity contribution in [3.05, 3.63) is 22.7 Å². The number of ether oxygens (including phenoxy) is 1. The molecule has 1 saturated heterocycles. The minimum absolute atomic E-state index is 0.00964. The first-order chi connectivity index (χ1) is 17.3. The Morgan fingerprint density at radius 2 is 1.31 bits per heavy atom.